The number of ether oxygens (including phenoxy) is 4. The van der Waals surface area contributed by atoms with Gasteiger partial charge in [0.25, 0.3) is 0 Å². The van der Waals surface area contributed by atoms with E-state index in [1.807, 2.05) is 31.0 Å². The summed E-state index contributed by atoms with van der Waals surface area (Å²) >= 11 is 0. The molecule has 2 aromatic carbocycles. The Hall–Kier alpha value is -4.39. The first-order chi connectivity index (χ1) is 29.4. The first-order valence-corrected chi connectivity index (χ1v) is 22.6. The fraction of sp³-hybridized carbons (Fsp3) is 0.612. The topological polar surface area (TPSA) is 134 Å². The highest BCUT2D eigenvalue weighted by Gasteiger charge is 2.80. The van der Waals surface area contributed by atoms with Gasteiger partial charge in [-0.2, -0.15) is 0 Å². The Balaban J connectivity index is 1.26. The van der Waals surface area contributed by atoms with Crippen molar-refractivity contribution in [2.75, 3.05) is 66.0 Å². The predicted molar refractivity (Wildman–Crippen MR) is 231 cm³/mol. The van der Waals surface area contributed by atoms with Crippen molar-refractivity contribution in [2.24, 2.45) is 16.7 Å². The van der Waals surface area contributed by atoms with E-state index < -0.39 is 45.9 Å². The molecular weight excluding hydrogens is 773 g/mol. The van der Waals surface area contributed by atoms with Crippen LogP contribution in [0.4, 0.5) is 5.69 Å². The number of benzene rings is 2. The highest BCUT2D eigenvalue weighted by atomic mass is 16.6. The average molecular weight is 835 g/mol. The van der Waals surface area contributed by atoms with Crippen molar-refractivity contribution in [3.05, 3.63) is 70.9 Å². The summed E-state index contributed by atoms with van der Waals surface area (Å²) in [6.45, 7) is 7.64. The highest BCUT2D eigenvalue weighted by Crippen LogP contribution is 2.68. The summed E-state index contributed by atoms with van der Waals surface area (Å²) in [4.78, 5) is 54.0. The van der Waals surface area contributed by atoms with E-state index in [1.165, 1.54) is 53.2 Å². The molecule has 1 aromatic heterocycles. The Bertz CT molecular complexity index is 2320. The van der Waals surface area contributed by atoms with Crippen molar-refractivity contribution in [2.45, 2.75) is 113 Å². The van der Waals surface area contributed by atoms with Crippen LogP contribution in [0.2, 0.25) is 0 Å². The predicted octanol–water partition coefficient (Wildman–Crippen LogP) is 5.80. The van der Waals surface area contributed by atoms with E-state index in [4.69, 9.17) is 18.9 Å². The van der Waals surface area contributed by atoms with Crippen molar-refractivity contribution in [1.29, 1.82) is 0 Å². The van der Waals surface area contributed by atoms with E-state index in [2.05, 4.69) is 51.2 Å². The minimum atomic E-state index is -2.27. The minimum Gasteiger partial charge on any atom is -0.496 e. The maximum absolute atomic E-state index is 15.5. The monoisotopic (exact) mass is 834 g/mol. The standard InChI is InChI=1S/C49H62N4O8/c1-7-46-19-13-21-53-23-20-47(40(46)53)34-24-35(38(58-4)25-37(34)51(3)41(47)49(57,44(56)60-6)42(46)61-30(2)54)48(43(55)59-5)27-31-26-45(17-11-8-12-18-45)29-52(28-31)22-16-33-32-14-9-10-15-36(32)50-39(33)48/h9-10,13-15,19,24-25,31,40-42,50,57H,7-8,11-12,16-18,20-23,26-29H2,1-6H3/t31-,40-,41+,42+,46+,47+,48+,49-/m0/s1. The quantitative estimate of drug-likeness (QED) is 0.178. The summed E-state index contributed by atoms with van der Waals surface area (Å²) in [6, 6.07) is 11.4. The number of hydrogen-bond donors (Lipinski definition) is 2. The molecule has 2 bridgehead atoms. The lowest BCUT2D eigenvalue weighted by Crippen LogP contribution is -2.81. The van der Waals surface area contributed by atoms with Gasteiger partial charge in [-0.25, -0.2) is 4.79 Å². The number of para-hydroxylation sites is 1. The number of rotatable bonds is 6. The molecule has 1 unspecified atom stereocenters. The van der Waals surface area contributed by atoms with Gasteiger partial charge in [0.1, 0.15) is 11.2 Å². The van der Waals surface area contributed by atoms with Gasteiger partial charge in [0.15, 0.2) is 6.10 Å². The number of fused-ring (bicyclic) bond motifs is 6. The molecular formula is C49H62N4O8. The molecule has 9 atom stereocenters. The summed E-state index contributed by atoms with van der Waals surface area (Å²) < 4.78 is 24.2. The number of hydrogen-bond acceptors (Lipinski definition) is 11. The number of methoxy groups -OCH3 is 3. The Kier molecular flexibility index (Phi) is 9.55. The van der Waals surface area contributed by atoms with Gasteiger partial charge >= 0.3 is 17.9 Å². The smallest absolute Gasteiger partial charge is 0.344 e. The molecule has 5 aliphatic heterocycles. The molecule has 0 radical (unpaired) electrons. The van der Waals surface area contributed by atoms with Gasteiger partial charge in [0.05, 0.1) is 27.4 Å². The number of piperidine rings is 1. The lowest BCUT2D eigenvalue weighted by Gasteiger charge is -2.63. The maximum atomic E-state index is 15.5. The van der Waals surface area contributed by atoms with Gasteiger partial charge < -0.3 is 38.8 Å². The van der Waals surface area contributed by atoms with Crippen LogP contribution in [0.25, 0.3) is 10.9 Å². The molecule has 6 heterocycles. The van der Waals surface area contributed by atoms with Crippen molar-refractivity contribution >= 4 is 34.5 Å². The second-order valence-corrected chi connectivity index (χ2v) is 19.7. The number of aromatic nitrogens is 1. The third kappa shape index (κ3) is 5.36. The lowest BCUT2D eigenvalue weighted by molar-refractivity contribution is -0.228. The molecule has 2 N–H and O–H groups in total. The summed E-state index contributed by atoms with van der Waals surface area (Å²) in [7, 11) is 6.34. The van der Waals surface area contributed by atoms with Gasteiger partial charge in [-0.05, 0) is 86.1 Å². The number of anilines is 1. The van der Waals surface area contributed by atoms with Crippen LogP contribution in [0.1, 0.15) is 94.0 Å². The second-order valence-electron chi connectivity index (χ2n) is 19.7. The van der Waals surface area contributed by atoms with E-state index >= 15 is 4.79 Å². The molecule has 0 amide bonds. The number of H-pyrrole nitrogens is 1. The van der Waals surface area contributed by atoms with Crippen LogP contribution in [0.15, 0.2) is 48.6 Å². The Morgan fingerprint density at radius 3 is 2.43 bits per heavy atom. The number of carbonyl (C=O) groups is 3. The summed E-state index contributed by atoms with van der Waals surface area (Å²) in [6.07, 6.45) is 12.6. The maximum Gasteiger partial charge on any atom is 0.344 e. The molecule has 326 valence electrons. The zero-order valence-corrected chi connectivity index (χ0v) is 36.7. The number of likely N-dealkylation sites (N-methyl/N-ethyl adjacent to an activating group) is 1. The van der Waals surface area contributed by atoms with Crippen molar-refractivity contribution < 1.29 is 38.4 Å². The van der Waals surface area contributed by atoms with Gasteiger partial charge in [-0.1, -0.05) is 56.5 Å². The number of nitrogens with zero attached hydrogens (tertiary/aromatic N) is 3. The van der Waals surface area contributed by atoms with Crippen LogP contribution in [0.5, 0.6) is 5.75 Å². The van der Waals surface area contributed by atoms with Crippen LogP contribution in [0, 0.1) is 16.7 Å². The van der Waals surface area contributed by atoms with Crippen LogP contribution in [-0.4, -0.2) is 123 Å². The molecule has 2 saturated heterocycles. The molecule has 2 aliphatic carbocycles. The van der Waals surface area contributed by atoms with Crippen molar-refractivity contribution in [3.63, 3.8) is 0 Å². The van der Waals surface area contributed by atoms with E-state index in [-0.39, 0.29) is 23.3 Å². The Morgan fingerprint density at radius 2 is 1.70 bits per heavy atom. The number of aliphatic hydroxyl groups is 1. The first kappa shape index (κ1) is 40.7. The van der Waals surface area contributed by atoms with E-state index in [9.17, 15) is 14.7 Å². The Labute approximate surface area is 358 Å². The molecule has 12 nitrogen and oxygen atoms in total. The Morgan fingerprint density at radius 1 is 0.934 bits per heavy atom. The fourth-order valence-electron chi connectivity index (χ4n) is 15.0. The largest absolute Gasteiger partial charge is 0.496 e. The zero-order valence-electron chi connectivity index (χ0n) is 36.7. The highest BCUT2D eigenvalue weighted by molar-refractivity contribution is 5.95. The third-order valence-corrected chi connectivity index (χ3v) is 16.9. The average Bonchev–Trinajstić information content (AvgIpc) is 3.93. The van der Waals surface area contributed by atoms with Crippen molar-refractivity contribution in [1.82, 2.24) is 14.8 Å². The second kappa shape index (κ2) is 14.3. The van der Waals surface area contributed by atoms with E-state index in [0.29, 0.717) is 38.1 Å². The molecule has 10 rings (SSSR count). The van der Waals surface area contributed by atoms with Crippen molar-refractivity contribution in [3.8, 4) is 5.75 Å². The molecule has 61 heavy (non-hydrogen) atoms. The number of carbonyl (C=O) groups excluding carboxylic acids is 3. The number of esters is 3. The van der Waals surface area contributed by atoms with Crippen LogP contribution < -0.4 is 9.64 Å². The van der Waals surface area contributed by atoms with Gasteiger partial charge in [-0.15, -0.1) is 0 Å². The summed E-state index contributed by atoms with van der Waals surface area (Å²) in [5, 5.41) is 14.5. The molecule has 2 spiro atoms. The molecule has 2 saturated carbocycles. The van der Waals surface area contributed by atoms with Crippen LogP contribution >= 0.6 is 0 Å². The number of nitrogens with one attached hydrogen (secondary N) is 1. The molecule has 12 heteroatoms. The third-order valence-electron chi connectivity index (χ3n) is 16.9. The van der Waals surface area contributed by atoms with Crippen LogP contribution in [-0.2, 0) is 45.8 Å². The summed E-state index contributed by atoms with van der Waals surface area (Å²) in [5.41, 5.74) is 0.239. The van der Waals surface area contributed by atoms with Gasteiger partial charge in [0, 0.05) is 90.9 Å². The minimum absolute atomic E-state index is 0.191. The van der Waals surface area contributed by atoms with E-state index in [0.717, 1.165) is 71.5 Å². The van der Waals surface area contributed by atoms with Crippen LogP contribution in [0.3, 0.4) is 0 Å². The molecule has 3 aromatic rings. The van der Waals surface area contributed by atoms with E-state index in [1.54, 1.807) is 7.11 Å². The lowest BCUT2D eigenvalue weighted by atomic mass is 9.47. The number of aromatic amines is 1. The summed E-state index contributed by atoms with van der Waals surface area (Å²) in [5.74, 6) is -1.03. The molecule has 4 fully saturated rings. The normalized spacial score (nSPS) is 35.9. The SMILES string of the molecule is CC[C@]12C=CCN3CC[C@@]4(c5cc([C@]6(C(=O)OC)C[C@H]7CN(CCc8c6[nH]c6ccccc86)CC6(CCCCC6)C7)c(OC)cc5N(C)[C@H]4[C@@](O)(C(=O)OC)[C@@H]1OC(C)=O)[C@@H]32. The van der Waals surface area contributed by atoms with Gasteiger partial charge in [-0.3, -0.25) is 14.5 Å². The fourth-order valence-corrected chi connectivity index (χ4v) is 15.0. The van der Waals surface area contributed by atoms with Gasteiger partial charge in [0.2, 0.25) is 5.60 Å². The molecule has 7 aliphatic rings. The zero-order chi connectivity index (χ0) is 42.7. The first-order valence-electron chi connectivity index (χ1n) is 22.6.